The molecule has 1 aliphatic carbocycles. The topological polar surface area (TPSA) is 155 Å². The third kappa shape index (κ3) is 6.09. The second kappa shape index (κ2) is 11.5. The summed E-state index contributed by atoms with van der Waals surface area (Å²) >= 11 is -2.63. The van der Waals surface area contributed by atoms with Crippen molar-refractivity contribution >= 4 is 33.8 Å². The van der Waals surface area contributed by atoms with Crippen LogP contribution < -0.4 is 16.4 Å². The summed E-state index contributed by atoms with van der Waals surface area (Å²) in [6, 6.07) is 2.80. The minimum absolute atomic E-state index is 0.0555. The summed E-state index contributed by atoms with van der Waals surface area (Å²) in [5.74, 6) is -0.559. The van der Waals surface area contributed by atoms with Crippen LogP contribution in [0.2, 0.25) is 0 Å². The lowest BCUT2D eigenvalue weighted by Crippen LogP contribution is -2.28. The number of rotatable bonds is 10. The van der Waals surface area contributed by atoms with Crippen LogP contribution in [0.3, 0.4) is 0 Å². The number of nitrogens with zero attached hydrogens (tertiary/aromatic N) is 2. The molecule has 1 saturated carbocycles. The average molecular weight is 541 g/mol. The molecule has 0 bridgehead atoms. The van der Waals surface area contributed by atoms with Crippen LogP contribution in [0.1, 0.15) is 41.6 Å². The third-order valence-electron chi connectivity index (χ3n) is 6.06. The van der Waals surface area contributed by atoms with Gasteiger partial charge >= 0.3 is 6.18 Å². The molecule has 1 atom stereocenters. The van der Waals surface area contributed by atoms with Crippen molar-refractivity contribution in [2.75, 3.05) is 31.6 Å². The van der Waals surface area contributed by atoms with E-state index in [0.717, 1.165) is 31.9 Å². The summed E-state index contributed by atoms with van der Waals surface area (Å²) < 4.78 is 69.0. The highest BCUT2D eigenvalue weighted by Crippen LogP contribution is 2.40. The van der Waals surface area contributed by atoms with E-state index in [9.17, 15) is 26.7 Å². The van der Waals surface area contributed by atoms with Crippen molar-refractivity contribution in [1.82, 2.24) is 20.3 Å². The number of aromatic amines is 1. The van der Waals surface area contributed by atoms with E-state index in [1.165, 1.54) is 18.3 Å². The molecule has 3 aromatic rings. The molecule has 37 heavy (non-hydrogen) atoms. The Kier molecular flexibility index (Phi) is 8.42. The van der Waals surface area contributed by atoms with E-state index in [0.29, 0.717) is 13.2 Å². The Balaban J connectivity index is 1.73. The Morgan fingerprint density at radius 3 is 2.70 bits per heavy atom. The monoisotopic (exact) mass is 540 g/mol. The summed E-state index contributed by atoms with van der Waals surface area (Å²) in [4.78, 5) is 23.3. The van der Waals surface area contributed by atoms with Gasteiger partial charge in [0.1, 0.15) is 10.5 Å². The van der Waals surface area contributed by atoms with Gasteiger partial charge < -0.3 is 30.6 Å². The zero-order chi connectivity index (χ0) is 26.6. The molecule has 0 aliphatic heterocycles. The fourth-order valence-electron chi connectivity index (χ4n) is 4.36. The van der Waals surface area contributed by atoms with Gasteiger partial charge in [0.05, 0.1) is 30.0 Å². The number of H-pyrrole nitrogens is 1. The fraction of sp³-hybridized carbons (Fsp3) is 0.435. The van der Waals surface area contributed by atoms with Gasteiger partial charge in [0, 0.05) is 42.5 Å². The van der Waals surface area contributed by atoms with Crippen LogP contribution in [0.4, 0.5) is 19.1 Å². The zero-order valence-corrected chi connectivity index (χ0v) is 20.5. The van der Waals surface area contributed by atoms with Crippen molar-refractivity contribution in [3.63, 3.8) is 0 Å². The highest BCUT2D eigenvalue weighted by Gasteiger charge is 2.36. The largest absolute Gasteiger partial charge is 0.419 e. The number of carbonyl (C=O) groups is 1. The van der Waals surface area contributed by atoms with Gasteiger partial charge in [-0.2, -0.15) is 13.2 Å². The van der Waals surface area contributed by atoms with Gasteiger partial charge in [0.15, 0.2) is 11.1 Å². The highest BCUT2D eigenvalue weighted by atomic mass is 32.2. The predicted octanol–water partition coefficient (Wildman–Crippen LogP) is 3.28. The first-order valence-electron chi connectivity index (χ1n) is 11.7. The number of anilines is 1. The number of fused-ring (bicyclic) bond motifs is 1. The predicted molar refractivity (Wildman–Crippen MR) is 131 cm³/mol. The lowest BCUT2D eigenvalue weighted by Gasteiger charge is -2.16. The van der Waals surface area contributed by atoms with Crippen molar-refractivity contribution in [2.24, 2.45) is 5.73 Å². The Morgan fingerprint density at radius 2 is 2.03 bits per heavy atom. The molecule has 4 rings (SSSR count). The lowest BCUT2D eigenvalue weighted by molar-refractivity contribution is -0.137. The molecule has 6 N–H and O–H groups in total. The Bertz CT molecular complexity index is 1290. The first-order chi connectivity index (χ1) is 17.7. The number of aromatic nitrogens is 3. The van der Waals surface area contributed by atoms with Crippen LogP contribution in [-0.4, -0.2) is 62.0 Å². The molecule has 2 heterocycles. The van der Waals surface area contributed by atoms with E-state index < -0.39 is 28.7 Å². The molecule has 0 saturated heterocycles. The molecule has 10 nitrogen and oxygen atoms in total. The molecule has 0 radical (unpaired) electrons. The summed E-state index contributed by atoms with van der Waals surface area (Å²) in [7, 11) is 0. The number of halogens is 3. The molecule has 1 fully saturated rings. The van der Waals surface area contributed by atoms with Gasteiger partial charge in [0.2, 0.25) is 5.95 Å². The minimum atomic E-state index is -4.74. The molecular weight excluding hydrogens is 513 g/mol. The Morgan fingerprint density at radius 1 is 1.27 bits per heavy atom. The van der Waals surface area contributed by atoms with Gasteiger partial charge in [-0.05, 0) is 18.9 Å². The number of amides is 1. The van der Waals surface area contributed by atoms with Gasteiger partial charge in [-0.1, -0.05) is 18.9 Å². The van der Waals surface area contributed by atoms with Crippen LogP contribution >= 0.6 is 0 Å². The van der Waals surface area contributed by atoms with Crippen LogP contribution in [0.15, 0.2) is 29.4 Å². The molecular formula is C23H27F3N6O4S. The molecule has 1 unspecified atom stereocenters. The van der Waals surface area contributed by atoms with Crippen molar-refractivity contribution in [2.45, 2.75) is 42.8 Å². The second-order valence-electron chi connectivity index (χ2n) is 8.55. The third-order valence-corrected chi connectivity index (χ3v) is 6.83. The number of nitrogens with two attached hydrogens (primary N) is 1. The van der Waals surface area contributed by atoms with Gasteiger partial charge in [0.25, 0.3) is 5.91 Å². The molecule has 1 amide bonds. The van der Waals surface area contributed by atoms with E-state index in [-0.39, 0.29) is 57.8 Å². The second-order valence-corrected chi connectivity index (χ2v) is 9.46. The summed E-state index contributed by atoms with van der Waals surface area (Å²) in [5, 5.41) is 5.89. The summed E-state index contributed by atoms with van der Waals surface area (Å²) in [5.41, 5.74) is 3.94. The number of ether oxygens (including phenoxy) is 1. The molecule has 14 heteroatoms. The molecule has 0 spiro atoms. The zero-order valence-electron chi connectivity index (χ0n) is 19.7. The SMILES string of the molecule is NCCOCCNC(=O)c1ccc2c(-c3nc(NC4CCCC4)ncc3C(F)(F)F)c[nH]c2c1S(=O)O. The van der Waals surface area contributed by atoms with Crippen molar-refractivity contribution < 1.29 is 31.5 Å². The smallest absolute Gasteiger partial charge is 0.378 e. The number of nitrogens with one attached hydrogen (secondary N) is 3. The van der Waals surface area contributed by atoms with E-state index in [4.69, 9.17) is 10.5 Å². The maximum Gasteiger partial charge on any atom is 0.419 e. The van der Waals surface area contributed by atoms with Crippen LogP contribution in [0.5, 0.6) is 0 Å². The number of hydrogen-bond acceptors (Lipinski definition) is 7. The molecule has 200 valence electrons. The fourth-order valence-corrected chi connectivity index (χ4v) is 5.06. The maximum absolute atomic E-state index is 13.9. The minimum Gasteiger partial charge on any atom is -0.378 e. The van der Waals surface area contributed by atoms with Gasteiger partial charge in [-0.3, -0.25) is 4.79 Å². The van der Waals surface area contributed by atoms with Crippen LogP contribution in [0, 0.1) is 0 Å². The highest BCUT2D eigenvalue weighted by molar-refractivity contribution is 7.79. The number of benzene rings is 1. The standard InChI is InChI=1S/C23H27F3N6O4S/c24-23(25,26)17-12-30-22(31-13-3-1-2-4-13)32-18(17)16-11-29-19-14(16)5-6-15(20(19)37(34)35)21(33)28-8-10-36-9-7-27/h5-6,11-13,29H,1-4,7-10,27H2,(H,28,33)(H,34,35)(H,30,31,32). The van der Waals surface area contributed by atoms with E-state index in [1.54, 1.807) is 0 Å². The van der Waals surface area contributed by atoms with Crippen LogP contribution in [-0.2, 0) is 22.0 Å². The molecule has 1 aromatic carbocycles. The van der Waals surface area contributed by atoms with Crippen molar-refractivity contribution in [3.05, 3.63) is 35.7 Å². The average Bonchev–Trinajstić information content (AvgIpc) is 3.52. The molecule has 2 aromatic heterocycles. The van der Waals surface area contributed by atoms with E-state index in [1.807, 2.05) is 0 Å². The van der Waals surface area contributed by atoms with Crippen molar-refractivity contribution in [3.8, 4) is 11.3 Å². The van der Waals surface area contributed by atoms with Crippen LogP contribution in [0.25, 0.3) is 22.2 Å². The summed E-state index contributed by atoms with van der Waals surface area (Å²) in [6.45, 7) is 0.977. The lowest BCUT2D eigenvalue weighted by atomic mass is 10.0. The van der Waals surface area contributed by atoms with E-state index >= 15 is 0 Å². The Hall–Kier alpha value is -3.07. The van der Waals surface area contributed by atoms with Gasteiger partial charge in [-0.25, -0.2) is 14.2 Å². The molecule has 1 aliphatic rings. The number of carbonyl (C=O) groups excluding carboxylic acids is 1. The van der Waals surface area contributed by atoms with E-state index in [2.05, 4.69) is 25.6 Å². The van der Waals surface area contributed by atoms with Gasteiger partial charge in [-0.15, -0.1) is 0 Å². The number of alkyl halides is 3. The normalized spacial score (nSPS) is 15.3. The van der Waals surface area contributed by atoms with Crippen molar-refractivity contribution in [1.29, 1.82) is 0 Å². The number of hydrogen-bond donors (Lipinski definition) is 5. The maximum atomic E-state index is 13.9. The summed E-state index contributed by atoms with van der Waals surface area (Å²) in [6.07, 6.45) is 1.07. The quantitative estimate of drug-likeness (QED) is 0.194. The Labute approximate surface area is 212 Å². The first-order valence-corrected chi connectivity index (χ1v) is 12.8. The first kappa shape index (κ1) is 27.0.